The highest BCUT2D eigenvalue weighted by atomic mass is 32.1. The minimum atomic E-state index is 0.0329. The molecule has 3 unspecified atom stereocenters. The first-order valence-electron chi connectivity index (χ1n) is 7.54. The molecule has 0 amide bonds. The van der Waals surface area contributed by atoms with Gasteiger partial charge in [0, 0.05) is 17.5 Å². The number of hydrogen-bond donors (Lipinski definition) is 1. The maximum Gasteiger partial charge on any atom is 0.0840 e. The van der Waals surface area contributed by atoms with Gasteiger partial charge in [0.15, 0.2) is 0 Å². The number of ether oxygens (including phenoxy) is 1. The molecule has 1 aromatic rings. The first-order chi connectivity index (χ1) is 9.20. The monoisotopic (exact) mass is 281 g/mol. The molecule has 0 bridgehead atoms. The Labute approximate surface area is 121 Å². The van der Waals surface area contributed by atoms with E-state index in [2.05, 4.69) is 43.7 Å². The second-order valence-electron chi connectivity index (χ2n) is 5.82. The Morgan fingerprint density at radius 3 is 3.00 bits per heavy atom. The van der Waals surface area contributed by atoms with Crippen LogP contribution in [0.1, 0.15) is 44.4 Å². The van der Waals surface area contributed by atoms with Crippen molar-refractivity contribution in [2.24, 2.45) is 5.92 Å². The summed E-state index contributed by atoms with van der Waals surface area (Å²) in [5.74, 6) is 0.777. The Bertz CT molecular complexity index is 361. The molecule has 1 aromatic heterocycles. The number of thiophene rings is 1. The van der Waals surface area contributed by atoms with Gasteiger partial charge >= 0.3 is 0 Å². The predicted octanol–water partition coefficient (Wildman–Crippen LogP) is 3.86. The van der Waals surface area contributed by atoms with Gasteiger partial charge in [0.1, 0.15) is 0 Å². The van der Waals surface area contributed by atoms with Gasteiger partial charge in [-0.2, -0.15) is 0 Å². The van der Waals surface area contributed by atoms with Crippen LogP contribution in [0.2, 0.25) is 0 Å². The van der Waals surface area contributed by atoms with Gasteiger partial charge in [-0.05, 0) is 50.6 Å². The van der Waals surface area contributed by atoms with Crippen molar-refractivity contribution in [3.8, 4) is 0 Å². The van der Waals surface area contributed by atoms with Gasteiger partial charge in [-0.3, -0.25) is 0 Å². The minimum Gasteiger partial charge on any atom is -0.374 e. The fourth-order valence-corrected chi connectivity index (χ4v) is 4.31. The smallest absolute Gasteiger partial charge is 0.0840 e. The van der Waals surface area contributed by atoms with E-state index in [1.807, 2.05) is 11.3 Å². The summed E-state index contributed by atoms with van der Waals surface area (Å²) >= 11 is 1.85. The van der Waals surface area contributed by atoms with Crippen LogP contribution in [0.4, 0.5) is 0 Å². The van der Waals surface area contributed by atoms with Crippen molar-refractivity contribution >= 4 is 11.3 Å². The van der Waals surface area contributed by atoms with Crippen molar-refractivity contribution in [2.75, 3.05) is 13.7 Å². The van der Waals surface area contributed by atoms with E-state index in [0.29, 0.717) is 6.04 Å². The zero-order valence-electron chi connectivity index (χ0n) is 12.4. The van der Waals surface area contributed by atoms with Gasteiger partial charge in [-0.1, -0.05) is 25.8 Å². The van der Waals surface area contributed by atoms with Crippen molar-refractivity contribution in [1.82, 2.24) is 5.32 Å². The average Bonchev–Trinajstić information content (AvgIpc) is 2.89. The molecule has 1 heterocycles. The average molecular weight is 281 g/mol. The van der Waals surface area contributed by atoms with Crippen molar-refractivity contribution < 1.29 is 4.74 Å². The summed E-state index contributed by atoms with van der Waals surface area (Å²) in [5.41, 5.74) is 0.0329. The third-order valence-electron chi connectivity index (χ3n) is 4.39. The highest BCUT2D eigenvalue weighted by Gasteiger charge is 2.42. The van der Waals surface area contributed by atoms with E-state index in [4.69, 9.17) is 4.74 Å². The summed E-state index contributed by atoms with van der Waals surface area (Å²) in [6.45, 7) is 5.30. The summed E-state index contributed by atoms with van der Waals surface area (Å²) in [4.78, 5) is 1.46. The number of hydrogen-bond acceptors (Lipinski definition) is 3. The maximum atomic E-state index is 6.28. The number of rotatable bonds is 6. The summed E-state index contributed by atoms with van der Waals surface area (Å²) in [7, 11) is 2.08. The number of nitrogens with one attached hydrogen (secondary N) is 1. The van der Waals surface area contributed by atoms with E-state index < -0.39 is 0 Å². The molecule has 2 nitrogen and oxygen atoms in total. The molecule has 1 aliphatic carbocycles. The molecule has 0 spiro atoms. The molecule has 108 valence electrons. The van der Waals surface area contributed by atoms with Crippen LogP contribution < -0.4 is 5.32 Å². The Balaban J connectivity index is 2.14. The van der Waals surface area contributed by atoms with Gasteiger partial charge in [0.05, 0.1) is 5.60 Å². The fraction of sp³-hybridized carbons (Fsp3) is 0.750. The van der Waals surface area contributed by atoms with Crippen LogP contribution in [0, 0.1) is 5.92 Å². The van der Waals surface area contributed by atoms with Crippen LogP contribution in [0.15, 0.2) is 17.5 Å². The third-order valence-corrected chi connectivity index (χ3v) is 5.29. The van der Waals surface area contributed by atoms with E-state index in [9.17, 15) is 0 Å². The molecule has 0 aromatic carbocycles. The van der Waals surface area contributed by atoms with E-state index in [1.54, 1.807) is 0 Å². The molecule has 2 rings (SSSR count). The molecule has 0 radical (unpaired) electrons. The van der Waals surface area contributed by atoms with Gasteiger partial charge in [-0.15, -0.1) is 11.3 Å². The highest BCUT2D eigenvalue weighted by Crippen LogP contribution is 2.39. The van der Waals surface area contributed by atoms with E-state index >= 15 is 0 Å². The molecule has 0 aliphatic heterocycles. The first-order valence-corrected chi connectivity index (χ1v) is 8.41. The zero-order chi connectivity index (χ0) is 13.7. The van der Waals surface area contributed by atoms with Crippen LogP contribution in [0.3, 0.4) is 0 Å². The zero-order valence-corrected chi connectivity index (χ0v) is 13.3. The van der Waals surface area contributed by atoms with Gasteiger partial charge in [0.25, 0.3) is 0 Å². The van der Waals surface area contributed by atoms with Crippen LogP contribution in [0.25, 0.3) is 0 Å². The fourth-order valence-electron chi connectivity index (χ4n) is 3.56. The summed E-state index contributed by atoms with van der Waals surface area (Å²) in [6, 6.07) is 4.80. The van der Waals surface area contributed by atoms with Gasteiger partial charge in [-0.25, -0.2) is 0 Å². The van der Waals surface area contributed by atoms with E-state index in [0.717, 1.165) is 18.9 Å². The molecule has 1 fully saturated rings. The highest BCUT2D eigenvalue weighted by molar-refractivity contribution is 7.09. The van der Waals surface area contributed by atoms with Crippen LogP contribution in [-0.4, -0.2) is 25.3 Å². The lowest BCUT2D eigenvalue weighted by molar-refractivity contribution is -0.0986. The SMILES string of the molecule is CCOC1(C(Cc2cccs2)NC)CCCC(C)C1. The maximum absolute atomic E-state index is 6.28. The lowest BCUT2D eigenvalue weighted by atomic mass is 9.73. The standard InChI is InChI=1S/C16H27NOS/c1-4-18-16(9-5-7-13(2)12-16)15(17-3)11-14-8-6-10-19-14/h6,8,10,13,15,17H,4-5,7,9,11-12H2,1-3H3. The molecule has 3 atom stereocenters. The normalized spacial score (nSPS) is 29.3. The third kappa shape index (κ3) is 3.59. The molecule has 1 aliphatic rings. The Kier molecular flexibility index (Phi) is 5.43. The quantitative estimate of drug-likeness (QED) is 0.855. The minimum absolute atomic E-state index is 0.0329. The molecule has 3 heteroatoms. The lowest BCUT2D eigenvalue weighted by Gasteiger charge is -2.45. The topological polar surface area (TPSA) is 21.3 Å². The summed E-state index contributed by atoms with van der Waals surface area (Å²) in [5, 5.41) is 5.70. The van der Waals surface area contributed by atoms with E-state index in [1.165, 1.54) is 30.6 Å². The van der Waals surface area contributed by atoms with Crippen molar-refractivity contribution in [1.29, 1.82) is 0 Å². The summed E-state index contributed by atoms with van der Waals surface area (Å²) in [6.07, 6.45) is 6.12. The Morgan fingerprint density at radius 1 is 1.58 bits per heavy atom. The first kappa shape index (κ1) is 15.0. The predicted molar refractivity (Wildman–Crippen MR) is 82.9 cm³/mol. The van der Waals surface area contributed by atoms with Crippen molar-refractivity contribution in [3.63, 3.8) is 0 Å². The number of likely N-dealkylation sites (N-methyl/N-ethyl adjacent to an activating group) is 1. The summed E-state index contributed by atoms with van der Waals surface area (Å²) < 4.78 is 6.28. The Morgan fingerprint density at radius 2 is 2.42 bits per heavy atom. The second kappa shape index (κ2) is 6.87. The van der Waals surface area contributed by atoms with Crippen LogP contribution in [0.5, 0.6) is 0 Å². The molecule has 19 heavy (non-hydrogen) atoms. The van der Waals surface area contributed by atoms with E-state index in [-0.39, 0.29) is 5.60 Å². The van der Waals surface area contributed by atoms with Crippen LogP contribution >= 0.6 is 11.3 Å². The van der Waals surface area contributed by atoms with Gasteiger partial charge < -0.3 is 10.1 Å². The van der Waals surface area contributed by atoms with Gasteiger partial charge in [0.2, 0.25) is 0 Å². The molecule has 0 saturated heterocycles. The van der Waals surface area contributed by atoms with Crippen molar-refractivity contribution in [2.45, 2.75) is 57.6 Å². The van der Waals surface area contributed by atoms with Crippen LogP contribution in [-0.2, 0) is 11.2 Å². The lowest BCUT2D eigenvalue weighted by Crippen LogP contribution is -2.55. The molecular formula is C16H27NOS. The second-order valence-corrected chi connectivity index (χ2v) is 6.86. The molecule has 1 N–H and O–H groups in total. The van der Waals surface area contributed by atoms with Crippen molar-refractivity contribution in [3.05, 3.63) is 22.4 Å². The largest absolute Gasteiger partial charge is 0.374 e. The molecule has 1 saturated carbocycles. The Hall–Kier alpha value is -0.380. The molecular weight excluding hydrogens is 254 g/mol.